The highest BCUT2D eigenvalue weighted by Crippen LogP contribution is 2.09. The molecule has 0 saturated carbocycles. The number of hydrogen-bond acceptors (Lipinski definition) is 4. The van der Waals surface area contributed by atoms with Gasteiger partial charge in [0.2, 0.25) is 5.91 Å². The fraction of sp³-hybridized carbons (Fsp3) is 0.211. The molecule has 7 heteroatoms. The lowest BCUT2D eigenvalue weighted by Gasteiger charge is -2.19. The molecular formula is C19H20N2O5. The first-order valence-electron chi connectivity index (χ1n) is 8.04. The monoisotopic (exact) mass is 356 g/mol. The lowest BCUT2D eigenvalue weighted by Crippen LogP contribution is -2.51. The number of phenols is 1. The number of rotatable bonds is 7. The molecule has 2 atom stereocenters. The Balaban J connectivity index is 1.96. The Morgan fingerprint density at radius 2 is 1.58 bits per heavy atom. The van der Waals surface area contributed by atoms with E-state index in [0.29, 0.717) is 0 Å². The zero-order chi connectivity index (χ0) is 19.1. The van der Waals surface area contributed by atoms with Crippen LogP contribution in [0.4, 0.5) is 0 Å². The second kappa shape index (κ2) is 8.66. The number of benzene rings is 2. The van der Waals surface area contributed by atoms with Crippen molar-refractivity contribution >= 4 is 17.8 Å². The van der Waals surface area contributed by atoms with E-state index < -0.39 is 29.9 Å². The minimum absolute atomic E-state index is 0.0255. The predicted octanol–water partition coefficient (Wildman–Crippen LogP) is 1.32. The molecule has 2 rings (SSSR count). The highest BCUT2D eigenvalue weighted by Gasteiger charge is 2.24. The standard InChI is InChI=1S/C19H20N2O5/c1-12(20-18(24)14-7-9-15(22)10-8-14)17(23)21-16(19(25)26)11-13-5-3-2-4-6-13/h2-10,12,16,22H,11H2,1H3,(H,20,24)(H,21,23)(H,25,26). The first-order chi connectivity index (χ1) is 12.4. The molecule has 2 aromatic carbocycles. The Bertz CT molecular complexity index is 774. The largest absolute Gasteiger partial charge is 0.508 e. The van der Waals surface area contributed by atoms with Gasteiger partial charge in [0.15, 0.2) is 0 Å². The van der Waals surface area contributed by atoms with Crippen molar-refractivity contribution in [2.24, 2.45) is 0 Å². The van der Waals surface area contributed by atoms with Gasteiger partial charge >= 0.3 is 5.97 Å². The van der Waals surface area contributed by atoms with Crippen LogP contribution in [0.3, 0.4) is 0 Å². The van der Waals surface area contributed by atoms with Crippen molar-refractivity contribution in [1.29, 1.82) is 0 Å². The van der Waals surface area contributed by atoms with Crippen molar-refractivity contribution in [3.63, 3.8) is 0 Å². The van der Waals surface area contributed by atoms with Gasteiger partial charge in [-0.3, -0.25) is 9.59 Å². The summed E-state index contributed by atoms with van der Waals surface area (Å²) in [6.45, 7) is 1.47. The molecular weight excluding hydrogens is 336 g/mol. The molecule has 0 aliphatic carbocycles. The van der Waals surface area contributed by atoms with Crippen molar-refractivity contribution in [2.45, 2.75) is 25.4 Å². The van der Waals surface area contributed by atoms with Crippen LogP contribution in [0.15, 0.2) is 54.6 Å². The van der Waals surface area contributed by atoms with Crippen molar-refractivity contribution in [2.75, 3.05) is 0 Å². The maximum atomic E-state index is 12.2. The summed E-state index contributed by atoms with van der Waals surface area (Å²) in [5.41, 5.74) is 1.06. The molecule has 0 aliphatic heterocycles. The Labute approximate surface area is 150 Å². The van der Waals surface area contributed by atoms with Crippen LogP contribution >= 0.6 is 0 Å². The number of carbonyl (C=O) groups excluding carboxylic acids is 2. The molecule has 0 bridgehead atoms. The Morgan fingerprint density at radius 1 is 0.962 bits per heavy atom. The van der Waals surface area contributed by atoms with E-state index in [9.17, 15) is 24.6 Å². The van der Waals surface area contributed by atoms with E-state index in [1.165, 1.54) is 31.2 Å². The molecule has 26 heavy (non-hydrogen) atoms. The Kier molecular flexibility index (Phi) is 6.32. The van der Waals surface area contributed by atoms with Crippen LogP contribution in [0.5, 0.6) is 5.75 Å². The molecule has 7 nitrogen and oxygen atoms in total. The molecule has 4 N–H and O–H groups in total. The van der Waals surface area contributed by atoms with Crippen LogP contribution in [0, 0.1) is 0 Å². The van der Waals surface area contributed by atoms with Gasteiger partial charge in [-0.1, -0.05) is 30.3 Å². The number of nitrogens with one attached hydrogen (secondary N) is 2. The maximum absolute atomic E-state index is 12.2. The Hall–Kier alpha value is -3.35. The van der Waals surface area contributed by atoms with E-state index in [1.54, 1.807) is 24.3 Å². The molecule has 0 fully saturated rings. The lowest BCUT2D eigenvalue weighted by molar-refractivity contribution is -0.142. The number of aliphatic carboxylic acids is 1. The average Bonchev–Trinajstić information content (AvgIpc) is 2.62. The van der Waals surface area contributed by atoms with Gasteiger partial charge in [0, 0.05) is 12.0 Å². The molecule has 2 unspecified atom stereocenters. The number of amides is 2. The van der Waals surface area contributed by atoms with Gasteiger partial charge in [-0.05, 0) is 36.8 Å². The van der Waals surface area contributed by atoms with Crippen molar-refractivity contribution in [1.82, 2.24) is 10.6 Å². The summed E-state index contributed by atoms with van der Waals surface area (Å²) in [5.74, 6) is -2.22. The second-order valence-electron chi connectivity index (χ2n) is 5.83. The maximum Gasteiger partial charge on any atom is 0.326 e. The first-order valence-corrected chi connectivity index (χ1v) is 8.04. The third-order valence-corrected chi connectivity index (χ3v) is 3.77. The second-order valence-corrected chi connectivity index (χ2v) is 5.83. The fourth-order valence-corrected chi connectivity index (χ4v) is 2.30. The summed E-state index contributed by atoms with van der Waals surface area (Å²) in [6.07, 6.45) is 0.139. The third kappa shape index (κ3) is 5.34. The number of phenolic OH excluding ortho intramolecular Hbond substituents is 1. The van der Waals surface area contributed by atoms with E-state index in [-0.39, 0.29) is 17.7 Å². The summed E-state index contributed by atoms with van der Waals surface area (Å²) >= 11 is 0. The summed E-state index contributed by atoms with van der Waals surface area (Å²) in [5, 5.41) is 23.5. The fourth-order valence-electron chi connectivity index (χ4n) is 2.30. The first kappa shape index (κ1) is 19.0. The van der Waals surface area contributed by atoms with Crippen LogP contribution in [0.1, 0.15) is 22.8 Å². The van der Waals surface area contributed by atoms with Gasteiger partial charge in [-0.25, -0.2) is 4.79 Å². The van der Waals surface area contributed by atoms with Crippen LogP contribution in [-0.4, -0.2) is 40.1 Å². The zero-order valence-corrected chi connectivity index (χ0v) is 14.2. The van der Waals surface area contributed by atoms with Crippen molar-refractivity contribution in [3.05, 3.63) is 65.7 Å². The van der Waals surface area contributed by atoms with Gasteiger partial charge in [0.25, 0.3) is 5.91 Å². The van der Waals surface area contributed by atoms with E-state index in [2.05, 4.69) is 10.6 Å². The molecule has 0 radical (unpaired) electrons. The summed E-state index contributed by atoms with van der Waals surface area (Å²) in [4.78, 5) is 35.7. The van der Waals surface area contributed by atoms with E-state index >= 15 is 0 Å². The zero-order valence-electron chi connectivity index (χ0n) is 14.2. The molecule has 0 aromatic heterocycles. The van der Waals surface area contributed by atoms with E-state index in [0.717, 1.165) is 5.56 Å². The molecule has 2 aromatic rings. The molecule has 0 spiro atoms. The average molecular weight is 356 g/mol. The van der Waals surface area contributed by atoms with Gasteiger partial charge < -0.3 is 20.8 Å². The van der Waals surface area contributed by atoms with Gasteiger partial charge in [-0.2, -0.15) is 0 Å². The summed E-state index contributed by atoms with van der Waals surface area (Å²) in [6, 6.07) is 12.5. The number of carboxylic acids is 1. The lowest BCUT2D eigenvalue weighted by atomic mass is 10.1. The molecule has 0 heterocycles. The minimum Gasteiger partial charge on any atom is -0.508 e. The topological polar surface area (TPSA) is 116 Å². The number of carboxylic acid groups (broad SMARTS) is 1. The predicted molar refractivity (Wildman–Crippen MR) is 94.7 cm³/mol. The molecule has 0 saturated heterocycles. The van der Waals surface area contributed by atoms with E-state index in [4.69, 9.17) is 0 Å². The highest BCUT2D eigenvalue weighted by atomic mass is 16.4. The van der Waals surface area contributed by atoms with Crippen molar-refractivity contribution < 1.29 is 24.6 Å². The van der Waals surface area contributed by atoms with Crippen LogP contribution in [0.25, 0.3) is 0 Å². The number of carbonyl (C=O) groups is 3. The van der Waals surface area contributed by atoms with Crippen LogP contribution in [-0.2, 0) is 16.0 Å². The smallest absolute Gasteiger partial charge is 0.326 e. The van der Waals surface area contributed by atoms with Gasteiger partial charge in [-0.15, -0.1) is 0 Å². The van der Waals surface area contributed by atoms with E-state index in [1.807, 2.05) is 6.07 Å². The molecule has 2 amide bonds. The Morgan fingerprint density at radius 3 is 2.15 bits per heavy atom. The summed E-state index contributed by atoms with van der Waals surface area (Å²) in [7, 11) is 0. The van der Waals surface area contributed by atoms with Gasteiger partial charge in [0.1, 0.15) is 17.8 Å². The van der Waals surface area contributed by atoms with Crippen LogP contribution in [0.2, 0.25) is 0 Å². The third-order valence-electron chi connectivity index (χ3n) is 3.77. The quantitative estimate of drug-likeness (QED) is 0.597. The SMILES string of the molecule is CC(NC(=O)c1ccc(O)cc1)C(=O)NC(Cc1ccccc1)C(=O)O. The van der Waals surface area contributed by atoms with Crippen molar-refractivity contribution in [3.8, 4) is 5.75 Å². The van der Waals surface area contributed by atoms with Crippen LogP contribution < -0.4 is 10.6 Å². The molecule has 136 valence electrons. The minimum atomic E-state index is -1.15. The molecule has 0 aliphatic rings. The highest BCUT2D eigenvalue weighted by molar-refractivity contribution is 5.98. The van der Waals surface area contributed by atoms with Gasteiger partial charge in [0.05, 0.1) is 0 Å². The summed E-state index contributed by atoms with van der Waals surface area (Å²) < 4.78 is 0. The number of hydrogen-bond donors (Lipinski definition) is 4. The number of aromatic hydroxyl groups is 1. The normalized spacial score (nSPS) is 12.7.